The first kappa shape index (κ1) is 14.2. The van der Waals surface area contributed by atoms with Crippen LogP contribution in [0.3, 0.4) is 0 Å². The number of hydrogen-bond acceptors (Lipinski definition) is 3. The van der Waals surface area contributed by atoms with Crippen molar-refractivity contribution in [2.45, 2.75) is 53.8 Å². The normalized spacial score (nSPS) is 13.4. The Hall–Kier alpha value is -0.870. The van der Waals surface area contributed by atoms with Gasteiger partial charge in [-0.1, -0.05) is 13.8 Å². The quantitative estimate of drug-likeness (QED) is 0.793. The van der Waals surface area contributed by atoms with E-state index in [2.05, 4.69) is 31.2 Å². The van der Waals surface area contributed by atoms with E-state index >= 15 is 0 Å². The molecule has 4 nitrogen and oxygen atoms in total. The van der Waals surface area contributed by atoms with Gasteiger partial charge in [-0.05, 0) is 33.2 Å². The highest BCUT2D eigenvalue weighted by Gasteiger charge is 2.12. The third-order valence-electron chi connectivity index (χ3n) is 2.82. The molecule has 0 saturated carbocycles. The van der Waals surface area contributed by atoms with Gasteiger partial charge in [0.05, 0.1) is 18.3 Å². The highest BCUT2D eigenvalue weighted by Crippen LogP contribution is 2.13. The fraction of sp³-hybridized carbons (Fsp3) is 0.769. The van der Waals surface area contributed by atoms with E-state index in [1.165, 1.54) is 5.56 Å². The van der Waals surface area contributed by atoms with Gasteiger partial charge in [0.1, 0.15) is 0 Å². The molecule has 1 aromatic heterocycles. The highest BCUT2D eigenvalue weighted by atomic mass is 16.3. The zero-order valence-electron chi connectivity index (χ0n) is 11.6. The van der Waals surface area contributed by atoms with Gasteiger partial charge in [0, 0.05) is 17.8 Å². The van der Waals surface area contributed by atoms with E-state index in [1.807, 2.05) is 11.6 Å². The lowest BCUT2D eigenvalue weighted by atomic mass is 10.1. The summed E-state index contributed by atoms with van der Waals surface area (Å²) in [6.07, 6.45) is -0.357. The number of nitrogens with zero attached hydrogens (tertiary/aromatic N) is 2. The molecule has 2 N–H and O–H groups in total. The van der Waals surface area contributed by atoms with E-state index in [-0.39, 0.29) is 6.10 Å². The average molecular weight is 239 g/mol. The van der Waals surface area contributed by atoms with Gasteiger partial charge in [0.25, 0.3) is 0 Å². The van der Waals surface area contributed by atoms with Crippen molar-refractivity contribution in [1.82, 2.24) is 15.1 Å². The maximum absolute atomic E-state index is 9.40. The van der Waals surface area contributed by atoms with Crippen molar-refractivity contribution in [3.8, 4) is 0 Å². The summed E-state index contributed by atoms with van der Waals surface area (Å²) in [7, 11) is 0. The maximum Gasteiger partial charge on any atom is 0.0708 e. The van der Waals surface area contributed by atoms with Crippen LogP contribution in [0.2, 0.25) is 0 Å². The van der Waals surface area contributed by atoms with Crippen molar-refractivity contribution in [3.63, 3.8) is 0 Å². The molecule has 0 fully saturated rings. The van der Waals surface area contributed by atoms with Crippen molar-refractivity contribution in [2.24, 2.45) is 5.92 Å². The molecule has 17 heavy (non-hydrogen) atoms. The molecule has 0 aliphatic carbocycles. The van der Waals surface area contributed by atoms with Crippen LogP contribution in [0.25, 0.3) is 0 Å². The number of aliphatic hydroxyl groups is 1. The lowest BCUT2D eigenvalue weighted by Gasteiger charge is -2.09. The number of aryl methyl sites for hydroxylation is 1. The van der Waals surface area contributed by atoms with Crippen LogP contribution in [0.5, 0.6) is 0 Å². The summed E-state index contributed by atoms with van der Waals surface area (Å²) >= 11 is 0. The molecule has 1 rings (SSSR count). The Morgan fingerprint density at radius 3 is 2.47 bits per heavy atom. The molecule has 0 aromatic carbocycles. The molecule has 0 amide bonds. The number of aromatic nitrogens is 2. The molecule has 1 atom stereocenters. The molecule has 0 aliphatic heterocycles. The Kier molecular flexibility index (Phi) is 5.15. The van der Waals surface area contributed by atoms with Crippen molar-refractivity contribution in [3.05, 3.63) is 17.0 Å². The molecule has 98 valence electrons. The van der Waals surface area contributed by atoms with E-state index < -0.39 is 0 Å². The van der Waals surface area contributed by atoms with Crippen LogP contribution in [-0.2, 0) is 13.1 Å². The van der Waals surface area contributed by atoms with E-state index in [4.69, 9.17) is 0 Å². The predicted octanol–water partition coefficient (Wildman–Crippen LogP) is 1.63. The molecule has 0 radical (unpaired) electrons. The van der Waals surface area contributed by atoms with Crippen LogP contribution in [-0.4, -0.2) is 27.5 Å². The number of nitrogens with one attached hydrogen (secondary N) is 1. The average Bonchev–Trinajstić information content (AvgIpc) is 2.44. The standard InChI is InChI=1S/C13H25N3O/c1-9(2)6-14-7-13-11(4)15-16(12(13)5)8-10(3)17/h9-10,14,17H,6-8H2,1-5H3. The summed E-state index contributed by atoms with van der Waals surface area (Å²) < 4.78 is 1.90. The third kappa shape index (κ3) is 4.13. The molecule has 1 unspecified atom stereocenters. The zero-order valence-corrected chi connectivity index (χ0v) is 11.6. The van der Waals surface area contributed by atoms with E-state index in [1.54, 1.807) is 6.92 Å². The van der Waals surface area contributed by atoms with Crippen LogP contribution >= 0.6 is 0 Å². The number of rotatable bonds is 6. The predicted molar refractivity (Wildman–Crippen MR) is 69.9 cm³/mol. The van der Waals surface area contributed by atoms with Crippen LogP contribution in [0.4, 0.5) is 0 Å². The second kappa shape index (κ2) is 6.17. The molecule has 0 saturated heterocycles. The largest absolute Gasteiger partial charge is 0.391 e. The second-order valence-electron chi connectivity index (χ2n) is 5.21. The zero-order chi connectivity index (χ0) is 13.0. The second-order valence-corrected chi connectivity index (χ2v) is 5.21. The van der Waals surface area contributed by atoms with E-state index in [9.17, 15) is 5.11 Å². The SMILES string of the molecule is Cc1nn(CC(C)O)c(C)c1CNCC(C)C. The molecular formula is C13H25N3O. The van der Waals surface area contributed by atoms with E-state index in [0.717, 1.165) is 24.5 Å². The van der Waals surface area contributed by atoms with Crippen LogP contribution in [0, 0.1) is 19.8 Å². The monoisotopic (exact) mass is 239 g/mol. The molecule has 0 aliphatic rings. The Balaban J connectivity index is 2.68. The lowest BCUT2D eigenvalue weighted by Crippen LogP contribution is -2.20. The smallest absolute Gasteiger partial charge is 0.0708 e. The Morgan fingerprint density at radius 2 is 1.94 bits per heavy atom. The maximum atomic E-state index is 9.40. The molecule has 1 heterocycles. The van der Waals surface area contributed by atoms with Gasteiger partial charge >= 0.3 is 0 Å². The lowest BCUT2D eigenvalue weighted by molar-refractivity contribution is 0.167. The first-order chi connectivity index (χ1) is 7.91. The van der Waals surface area contributed by atoms with Crippen LogP contribution in [0.1, 0.15) is 37.7 Å². The van der Waals surface area contributed by atoms with Crippen molar-refractivity contribution >= 4 is 0 Å². The number of hydrogen-bond donors (Lipinski definition) is 2. The third-order valence-corrected chi connectivity index (χ3v) is 2.82. The van der Waals surface area contributed by atoms with Gasteiger partial charge in [0.15, 0.2) is 0 Å². The van der Waals surface area contributed by atoms with Gasteiger partial charge in [-0.25, -0.2) is 0 Å². The summed E-state index contributed by atoms with van der Waals surface area (Å²) in [5.41, 5.74) is 3.46. The topological polar surface area (TPSA) is 50.1 Å². The summed E-state index contributed by atoms with van der Waals surface area (Å²) in [5, 5.41) is 17.3. The summed E-state index contributed by atoms with van der Waals surface area (Å²) in [5.74, 6) is 0.656. The van der Waals surface area contributed by atoms with Crippen LogP contribution < -0.4 is 5.32 Å². The Bertz CT molecular complexity index is 356. The molecule has 0 bridgehead atoms. The Morgan fingerprint density at radius 1 is 1.29 bits per heavy atom. The van der Waals surface area contributed by atoms with Gasteiger partial charge in [-0.2, -0.15) is 5.10 Å². The van der Waals surface area contributed by atoms with Gasteiger partial charge < -0.3 is 10.4 Å². The molecular weight excluding hydrogens is 214 g/mol. The minimum atomic E-state index is -0.357. The Labute approximate surface area is 104 Å². The fourth-order valence-electron chi connectivity index (χ4n) is 1.90. The van der Waals surface area contributed by atoms with Crippen molar-refractivity contribution in [2.75, 3.05) is 6.54 Å². The summed E-state index contributed by atoms with van der Waals surface area (Å²) in [6.45, 7) is 12.7. The first-order valence-electron chi connectivity index (χ1n) is 6.33. The molecule has 0 spiro atoms. The van der Waals surface area contributed by atoms with Crippen molar-refractivity contribution < 1.29 is 5.11 Å². The van der Waals surface area contributed by atoms with Crippen LogP contribution in [0.15, 0.2) is 0 Å². The minimum Gasteiger partial charge on any atom is -0.391 e. The summed E-state index contributed by atoms with van der Waals surface area (Å²) in [6, 6.07) is 0. The molecule has 4 heteroatoms. The van der Waals surface area contributed by atoms with Crippen molar-refractivity contribution in [1.29, 1.82) is 0 Å². The first-order valence-corrected chi connectivity index (χ1v) is 6.33. The van der Waals surface area contributed by atoms with Gasteiger partial charge in [-0.15, -0.1) is 0 Å². The highest BCUT2D eigenvalue weighted by molar-refractivity contribution is 5.24. The minimum absolute atomic E-state index is 0.357. The van der Waals surface area contributed by atoms with E-state index in [0.29, 0.717) is 12.5 Å². The number of aliphatic hydroxyl groups excluding tert-OH is 1. The summed E-state index contributed by atoms with van der Waals surface area (Å²) in [4.78, 5) is 0. The molecule has 1 aromatic rings. The van der Waals surface area contributed by atoms with Gasteiger partial charge in [-0.3, -0.25) is 4.68 Å². The fourth-order valence-corrected chi connectivity index (χ4v) is 1.90. The van der Waals surface area contributed by atoms with Gasteiger partial charge in [0.2, 0.25) is 0 Å².